The summed E-state index contributed by atoms with van der Waals surface area (Å²) in [6.07, 6.45) is 1.53. The fourth-order valence-electron chi connectivity index (χ4n) is 4.76. The highest BCUT2D eigenvalue weighted by molar-refractivity contribution is 7.93. The molecule has 0 radical (unpaired) electrons. The minimum absolute atomic E-state index is 0.0516. The van der Waals surface area contributed by atoms with Crippen molar-refractivity contribution in [2.45, 2.75) is 24.4 Å². The Morgan fingerprint density at radius 3 is 2.46 bits per heavy atom. The number of halogens is 3. The maximum atomic E-state index is 14.1. The normalized spacial score (nSPS) is 16.4. The van der Waals surface area contributed by atoms with Crippen molar-refractivity contribution in [2.24, 2.45) is 0 Å². The highest BCUT2D eigenvalue weighted by Crippen LogP contribution is 2.24. The molecule has 5 rings (SSSR count). The van der Waals surface area contributed by atoms with Crippen molar-refractivity contribution >= 4 is 32.5 Å². The van der Waals surface area contributed by atoms with Crippen LogP contribution in [0.2, 0.25) is 0 Å². The summed E-state index contributed by atoms with van der Waals surface area (Å²) in [7, 11) is -3.93. The molecule has 1 N–H and O–H groups in total. The van der Waals surface area contributed by atoms with Crippen molar-refractivity contribution in [1.29, 1.82) is 0 Å². The van der Waals surface area contributed by atoms with Gasteiger partial charge < -0.3 is 4.90 Å². The van der Waals surface area contributed by atoms with Gasteiger partial charge in [0, 0.05) is 60.6 Å². The second kappa shape index (κ2) is 10.7. The number of hydrogen-bond donors (Lipinski definition) is 1. The highest BCUT2D eigenvalue weighted by atomic mass is 32.2. The molecule has 0 saturated carbocycles. The monoisotopic (exact) mass is 554 g/mol. The lowest BCUT2D eigenvalue weighted by Crippen LogP contribution is -2.53. The molecular weight excluding hydrogens is 529 g/mol. The first kappa shape index (κ1) is 26.6. The Hall–Kier alpha value is -3.96. The van der Waals surface area contributed by atoms with Gasteiger partial charge in [0.05, 0.1) is 5.52 Å². The van der Waals surface area contributed by atoms with Crippen LogP contribution in [-0.4, -0.2) is 54.8 Å². The zero-order valence-corrected chi connectivity index (χ0v) is 21.8. The largest absolute Gasteiger partial charge is 0.333 e. The molecule has 1 aromatic heterocycles. The number of hydrogen-bond acceptors (Lipinski definition) is 5. The van der Waals surface area contributed by atoms with Gasteiger partial charge in [-0.1, -0.05) is 24.3 Å². The first-order valence-corrected chi connectivity index (χ1v) is 13.7. The number of nitrogens with zero attached hydrogens (tertiary/aromatic N) is 3. The molecule has 39 heavy (non-hydrogen) atoms. The Morgan fingerprint density at radius 2 is 1.72 bits per heavy atom. The molecule has 1 saturated heterocycles. The van der Waals surface area contributed by atoms with E-state index in [1.54, 1.807) is 41.3 Å². The summed E-state index contributed by atoms with van der Waals surface area (Å²) < 4.78 is 69.5. The SMILES string of the molecule is CC1CN(Cc2ccc(F)c(F)c2F)CCN1C(=O)c1ccc(NS(=O)(=O)c2cccc3cccnc23)cc1. The molecule has 0 bridgehead atoms. The number of pyridine rings is 1. The van der Waals surface area contributed by atoms with Crippen LogP contribution >= 0.6 is 0 Å². The Balaban J connectivity index is 1.24. The lowest BCUT2D eigenvalue weighted by atomic mass is 10.1. The highest BCUT2D eigenvalue weighted by Gasteiger charge is 2.29. The molecule has 2 heterocycles. The molecule has 1 aliphatic heterocycles. The zero-order valence-electron chi connectivity index (χ0n) is 20.9. The third-order valence-electron chi connectivity index (χ3n) is 6.75. The minimum Gasteiger partial charge on any atom is -0.333 e. The van der Waals surface area contributed by atoms with Crippen molar-refractivity contribution in [3.63, 3.8) is 0 Å². The Morgan fingerprint density at radius 1 is 0.974 bits per heavy atom. The molecule has 1 atom stereocenters. The third kappa shape index (κ3) is 5.45. The van der Waals surface area contributed by atoms with Crippen LogP contribution in [0.15, 0.2) is 77.8 Å². The molecule has 0 aliphatic carbocycles. The van der Waals surface area contributed by atoms with Crippen molar-refractivity contribution < 1.29 is 26.4 Å². The molecule has 11 heteroatoms. The number of piperazine rings is 1. The van der Waals surface area contributed by atoms with E-state index in [-0.39, 0.29) is 29.0 Å². The van der Waals surface area contributed by atoms with Crippen LogP contribution in [-0.2, 0) is 16.6 Å². The topological polar surface area (TPSA) is 82.6 Å². The first-order chi connectivity index (χ1) is 18.6. The number of aromatic nitrogens is 1. The molecule has 4 aromatic rings. The van der Waals surface area contributed by atoms with E-state index in [1.165, 1.54) is 30.5 Å². The van der Waals surface area contributed by atoms with E-state index in [0.29, 0.717) is 41.8 Å². The lowest BCUT2D eigenvalue weighted by molar-refractivity contribution is 0.0473. The number of benzene rings is 3. The summed E-state index contributed by atoms with van der Waals surface area (Å²) in [5.74, 6) is -4.15. The van der Waals surface area contributed by atoms with Crippen molar-refractivity contribution in [3.8, 4) is 0 Å². The molecular formula is C28H25F3N4O3S. The average Bonchev–Trinajstić information content (AvgIpc) is 2.93. The molecule has 202 valence electrons. The fraction of sp³-hybridized carbons (Fsp3) is 0.214. The third-order valence-corrected chi connectivity index (χ3v) is 8.16. The van der Waals surface area contributed by atoms with Gasteiger partial charge in [0.25, 0.3) is 15.9 Å². The molecule has 1 aliphatic rings. The Kier molecular flexibility index (Phi) is 7.28. The van der Waals surface area contributed by atoms with E-state index >= 15 is 0 Å². The van der Waals surface area contributed by atoms with E-state index < -0.39 is 27.5 Å². The van der Waals surface area contributed by atoms with Gasteiger partial charge in [-0.25, -0.2) is 21.6 Å². The number of nitrogens with one attached hydrogen (secondary N) is 1. The maximum absolute atomic E-state index is 14.1. The quantitative estimate of drug-likeness (QED) is 0.347. The number of carbonyl (C=O) groups excluding carboxylic acids is 1. The summed E-state index contributed by atoms with van der Waals surface area (Å²) in [5, 5.41) is 0.700. The van der Waals surface area contributed by atoms with Gasteiger partial charge in [-0.05, 0) is 49.4 Å². The van der Waals surface area contributed by atoms with Crippen LogP contribution in [0.4, 0.5) is 18.9 Å². The van der Waals surface area contributed by atoms with Crippen molar-refractivity contribution in [2.75, 3.05) is 24.4 Å². The fourth-order valence-corrected chi connectivity index (χ4v) is 6.00. The molecule has 7 nitrogen and oxygen atoms in total. The predicted molar refractivity (Wildman–Crippen MR) is 141 cm³/mol. The van der Waals surface area contributed by atoms with E-state index in [0.717, 1.165) is 6.07 Å². The van der Waals surface area contributed by atoms with Crippen molar-refractivity contribution in [3.05, 3.63) is 102 Å². The van der Waals surface area contributed by atoms with E-state index in [9.17, 15) is 26.4 Å². The maximum Gasteiger partial charge on any atom is 0.264 e. The van der Waals surface area contributed by atoms with Gasteiger partial charge in [0.15, 0.2) is 17.5 Å². The van der Waals surface area contributed by atoms with Crippen LogP contribution in [0, 0.1) is 17.5 Å². The molecule has 0 spiro atoms. The molecule has 3 aromatic carbocycles. The lowest BCUT2D eigenvalue weighted by Gasteiger charge is -2.40. The number of anilines is 1. The number of carbonyl (C=O) groups is 1. The van der Waals surface area contributed by atoms with Gasteiger partial charge in [-0.2, -0.15) is 0 Å². The minimum atomic E-state index is -3.93. The number of rotatable bonds is 6. The van der Waals surface area contributed by atoms with Gasteiger partial charge in [-0.15, -0.1) is 0 Å². The summed E-state index contributed by atoms with van der Waals surface area (Å²) in [4.78, 5) is 21.0. The summed E-state index contributed by atoms with van der Waals surface area (Å²) >= 11 is 0. The Bertz CT molecular complexity index is 1640. The van der Waals surface area contributed by atoms with E-state index in [4.69, 9.17) is 0 Å². The van der Waals surface area contributed by atoms with E-state index in [1.807, 2.05) is 11.8 Å². The Labute approximate surface area is 223 Å². The van der Waals surface area contributed by atoms with Gasteiger partial charge in [-0.3, -0.25) is 19.4 Å². The zero-order chi connectivity index (χ0) is 27.7. The van der Waals surface area contributed by atoms with Crippen LogP contribution in [0.5, 0.6) is 0 Å². The summed E-state index contributed by atoms with van der Waals surface area (Å²) in [5.41, 5.74) is 1.10. The number of fused-ring (bicyclic) bond motifs is 1. The molecule has 1 unspecified atom stereocenters. The van der Waals surface area contributed by atoms with Gasteiger partial charge in [0.2, 0.25) is 0 Å². The standard InChI is InChI=1S/C28H25F3N4O3S/c1-18-16-34(17-21-9-12-23(29)26(31)25(21)30)14-15-35(18)28(36)20-7-10-22(11-8-20)33-39(37,38)24-6-2-4-19-5-3-13-32-27(19)24/h2-13,18,33H,14-17H2,1H3. The van der Waals surface area contributed by atoms with Crippen molar-refractivity contribution in [1.82, 2.24) is 14.8 Å². The van der Waals surface area contributed by atoms with Gasteiger partial charge in [0.1, 0.15) is 4.90 Å². The predicted octanol–water partition coefficient (Wildman–Crippen LogP) is 4.80. The molecule has 1 amide bonds. The van der Waals surface area contributed by atoms with Crippen LogP contribution in [0.1, 0.15) is 22.8 Å². The summed E-state index contributed by atoms with van der Waals surface area (Å²) in [6, 6.07) is 16.5. The number of amides is 1. The smallest absolute Gasteiger partial charge is 0.264 e. The number of para-hydroxylation sites is 1. The summed E-state index contributed by atoms with van der Waals surface area (Å²) in [6.45, 7) is 3.14. The second-order valence-electron chi connectivity index (χ2n) is 9.43. The van der Waals surface area contributed by atoms with Gasteiger partial charge >= 0.3 is 0 Å². The van der Waals surface area contributed by atoms with E-state index in [2.05, 4.69) is 9.71 Å². The van der Waals surface area contributed by atoms with Crippen LogP contribution in [0.3, 0.4) is 0 Å². The second-order valence-corrected chi connectivity index (χ2v) is 11.1. The average molecular weight is 555 g/mol. The number of sulfonamides is 1. The van der Waals surface area contributed by atoms with Crippen LogP contribution in [0.25, 0.3) is 10.9 Å². The molecule has 1 fully saturated rings. The van der Waals surface area contributed by atoms with Crippen LogP contribution < -0.4 is 4.72 Å². The first-order valence-electron chi connectivity index (χ1n) is 12.3.